The molecule has 1 heterocycles. The molecule has 0 saturated heterocycles. The Balaban J connectivity index is 2.00. The van der Waals surface area contributed by atoms with Crippen molar-refractivity contribution in [2.45, 2.75) is 45.6 Å². The number of amides is 1. The third-order valence-electron chi connectivity index (χ3n) is 3.08. The summed E-state index contributed by atoms with van der Waals surface area (Å²) in [5, 5.41) is 3.11. The molecule has 0 spiro atoms. The summed E-state index contributed by atoms with van der Waals surface area (Å²) in [7, 11) is 0. The number of thiophene rings is 1. The summed E-state index contributed by atoms with van der Waals surface area (Å²) in [5.74, 6) is 0.114. The van der Waals surface area contributed by atoms with Crippen molar-refractivity contribution in [2.24, 2.45) is 0 Å². The van der Waals surface area contributed by atoms with Crippen LogP contribution in [0.1, 0.15) is 45.8 Å². The van der Waals surface area contributed by atoms with Crippen molar-refractivity contribution in [3.63, 3.8) is 0 Å². The van der Waals surface area contributed by atoms with Gasteiger partial charge in [0.2, 0.25) is 0 Å². The molecule has 0 radical (unpaired) electrons. The largest absolute Gasteiger partial charge is 0.349 e. The lowest BCUT2D eigenvalue weighted by Crippen LogP contribution is -2.31. The van der Waals surface area contributed by atoms with Crippen LogP contribution in [0.2, 0.25) is 0 Å². The van der Waals surface area contributed by atoms with E-state index in [1.54, 1.807) is 11.3 Å². The molecule has 0 atom stereocenters. The van der Waals surface area contributed by atoms with Gasteiger partial charge in [0.05, 0.1) is 4.88 Å². The second-order valence-electron chi connectivity index (χ2n) is 4.30. The van der Waals surface area contributed by atoms with Gasteiger partial charge in [0.15, 0.2) is 0 Å². The number of hydrogen-bond donors (Lipinski definition) is 1. The van der Waals surface area contributed by atoms with Gasteiger partial charge >= 0.3 is 0 Å². The highest BCUT2D eigenvalue weighted by Crippen LogP contribution is 2.22. The van der Waals surface area contributed by atoms with Gasteiger partial charge in [-0.3, -0.25) is 4.79 Å². The maximum absolute atomic E-state index is 11.9. The molecule has 1 fully saturated rings. The van der Waals surface area contributed by atoms with Gasteiger partial charge in [0, 0.05) is 10.9 Å². The first-order valence-electron chi connectivity index (χ1n) is 5.54. The summed E-state index contributed by atoms with van der Waals surface area (Å²) in [6.45, 7) is 4.12. The number of carbonyl (C=O) groups excluding carboxylic acids is 1. The minimum absolute atomic E-state index is 0.114. The first kappa shape index (κ1) is 10.7. The van der Waals surface area contributed by atoms with Crippen LogP contribution < -0.4 is 5.32 Å². The molecule has 0 aliphatic heterocycles. The summed E-state index contributed by atoms with van der Waals surface area (Å²) in [4.78, 5) is 14.0. The van der Waals surface area contributed by atoms with Crippen LogP contribution in [-0.4, -0.2) is 11.9 Å². The van der Waals surface area contributed by atoms with Gasteiger partial charge in [-0.25, -0.2) is 0 Å². The molecule has 1 amide bonds. The standard InChI is InChI=1S/C12H17NOS/c1-8-7-11(15-9(8)2)12(14)13-10-5-3-4-6-10/h7,10H,3-6H2,1-2H3,(H,13,14). The minimum Gasteiger partial charge on any atom is -0.349 e. The molecular weight excluding hydrogens is 206 g/mol. The SMILES string of the molecule is Cc1cc(C(=O)NC2CCCC2)sc1C. The number of carbonyl (C=O) groups is 1. The lowest BCUT2D eigenvalue weighted by molar-refractivity contribution is 0.0942. The van der Waals surface area contributed by atoms with Crippen LogP contribution in [0.25, 0.3) is 0 Å². The molecule has 1 aromatic heterocycles. The molecule has 0 bridgehead atoms. The topological polar surface area (TPSA) is 29.1 Å². The van der Waals surface area contributed by atoms with Crippen LogP contribution in [0.5, 0.6) is 0 Å². The van der Waals surface area contributed by atoms with E-state index in [9.17, 15) is 4.79 Å². The number of rotatable bonds is 2. The number of hydrogen-bond acceptors (Lipinski definition) is 2. The quantitative estimate of drug-likeness (QED) is 0.820. The zero-order valence-corrected chi connectivity index (χ0v) is 10.1. The molecule has 0 aromatic carbocycles. The summed E-state index contributed by atoms with van der Waals surface area (Å²) >= 11 is 1.59. The van der Waals surface area contributed by atoms with Crippen molar-refractivity contribution >= 4 is 17.2 Å². The maximum Gasteiger partial charge on any atom is 0.261 e. The molecule has 15 heavy (non-hydrogen) atoms. The zero-order valence-electron chi connectivity index (χ0n) is 9.30. The summed E-state index contributed by atoms with van der Waals surface area (Å²) in [6, 6.07) is 2.41. The predicted octanol–water partition coefficient (Wildman–Crippen LogP) is 3.04. The van der Waals surface area contributed by atoms with Gasteiger partial charge in [-0.1, -0.05) is 12.8 Å². The molecule has 2 rings (SSSR count). The number of nitrogens with one attached hydrogen (secondary N) is 1. The lowest BCUT2D eigenvalue weighted by Gasteiger charge is -2.10. The van der Waals surface area contributed by atoms with Crippen molar-refractivity contribution in [3.8, 4) is 0 Å². The fraction of sp³-hybridized carbons (Fsp3) is 0.583. The first-order chi connectivity index (χ1) is 7.16. The third kappa shape index (κ3) is 2.40. The molecule has 1 aromatic rings. The average molecular weight is 223 g/mol. The molecule has 1 N–H and O–H groups in total. The highest BCUT2D eigenvalue weighted by molar-refractivity contribution is 7.14. The van der Waals surface area contributed by atoms with E-state index in [1.165, 1.54) is 23.3 Å². The highest BCUT2D eigenvalue weighted by Gasteiger charge is 2.19. The van der Waals surface area contributed by atoms with E-state index in [0.29, 0.717) is 6.04 Å². The Labute approximate surface area is 94.7 Å². The summed E-state index contributed by atoms with van der Waals surface area (Å²) in [6.07, 6.45) is 4.81. The monoisotopic (exact) mass is 223 g/mol. The molecule has 1 aliphatic rings. The lowest BCUT2D eigenvalue weighted by atomic mass is 10.2. The van der Waals surface area contributed by atoms with Crippen LogP contribution >= 0.6 is 11.3 Å². The van der Waals surface area contributed by atoms with E-state index in [1.807, 2.05) is 6.07 Å². The minimum atomic E-state index is 0.114. The van der Waals surface area contributed by atoms with Crippen LogP contribution in [0.15, 0.2) is 6.07 Å². The zero-order chi connectivity index (χ0) is 10.8. The Hall–Kier alpha value is -0.830. The normalized spacial score (nSPS) is 16.9. The van der Waals surface area contributed by atoms with Gasteiger partial charge in [-0.05, 0) is 38.3 Å². The van der Waals surface area contributed by atoms with Crippen molar-refractivity contribution in [1.82, 2.24) is 5.32 Å². The highest BCUT2D eigenvalue weighted by atomic mass is 32.1. The molecule has 2 nitrogen and oxygen atoms in total. The fourth-order valence-corrected chi connectivity index (χ4v) is 2.95. The van der Waals surface area contributed by atoms with Gasteiger partial charge < -0.3 is 5.32 Å². The van der Waals surface area contributed by atoms with E-state index >= 15 is 0 Å². The first-order valence-corrected chi connectivity index (χ1v) is 6.36. The van der Waals surface area contributed by atoms with Crippen molar-refractivity contribution in [3.05, 3.63) is 21.4 Å². The number of aryl methyl sites for hydroxylation is 2. The van der Waals surface area contributed by atoms with Crippen molar-refractivity contribution < 1.29 is 4.79 Å². The van der Waals surface area contributed by atoms with Gasteiger partial charge in [-0.2, -0.15) is 0 Å². The van der Waals surface area contributed by atoms with Crippen molar-refractivity contribution in [2.75, 3.05) is 0 Å². The maximum atomic E-state index is 11.9. The van der Waals surface area contributed by atoms with Crippen LogP contribution in [0, 0.1) is 13.8 Å². The summed E-state index contributed by atoms with van der Waals surface area (Å²) in [5.41, 5.74) is 1.22. The predicted molar refractivity (Wildman–Crippen MR) is 63.5 cm³/mol. The van der Waals surface area contributed by atoms with E-state index in [4.69, 9.17) is 0 Å². The second kappa shape index (κ2) is 4.35. The Kier molecular flexibility index (Phi) is 3.10. The fourth-order valence-electron chi connectivity index (χ4n) is 2.01. The second-order valence-corrected chi connectivity index (χ2v) is 5.56. The van der Waals surface area contributed by atoms with E-state index in [2.05, 4.69) is 19.2 Å². The van der Waals surface area contributed by atoms with E-state index < -0.39 is 0 Å². The van der Waals surface area contributed by atoms with Crippen LogP contribution in [0.3, 0.4) is 0 Å². The van der Waals surface area contributed by atoms with Crippen LogP contribution in [0.4, 0.5) is 0 Å². The Morgan fingerprint density at radius 1 is 1.40 bits per heavy atom. The smallest absolute Gasteiger partial charge is 0.261 e. The Morgan fingerprint density at radius 2 is 2.07 bits per heavy atom. The van der Waals surface area contributed by atoms with E-state index in [0.717, 1.165) is 17.7 Å². The third-order valence-corrected chi connectivity index (χ3v) is 4.23. The molecule has 82 valence electrons. The molecule has 1 saturated carbocycles. The molecular formula is C12H17NOS. The molecule has 1 aliphatic carbocycles. The van der Waals surface area contributed by atoms with Gasteiger partial charge in [-0.15, -0.1) is 11.3 Å². The van der Waals surface area contributed by atoms with E-state index in [-0.39, 0.29) is 5.91 Å². The Bertz CT molecular complexity index is 344. The Morgan fingerprint density at radius 3 is 2.60 bits per heavy atom. The molecule has 3 heteroatoms. The van der Waals surface area contributed by atoms with Crippen molar-refractivity contribution in [1.29, 1.82) is 0 Å². The summed E-state index contributed by atoms with van der Waals surface area (Å²) < 4.78 is 0. The average Bonchev–Trinajstić information content (AvgIpc) is 2.78. The molecule has 0 unspecified atom stereocenters. The van der Waals surface area contributed by atoms with Gasteiger partial charge in [0.1, 0.15) is 0 Å². The van der Waals surface area contributed by atoms with Gasteiger partial charge in [0.25, 0.3) is 5.91 Å². The van der Waals surface area contributed by atoms with Crippen LogP contribution in [-0.2, 0) is 0 Å².